The molecule has 5 heteroatoms. The largest absolute Gasteiger partial charge is 0.612 e. The predicted molar refractivity (Wildman–Crippen MR) is 240 cm³/mol. The van der Waals surface area contributed by atoms with Gasteiger partial charge < -0.3 is 5.32 Å². The molecule has 312 valence electrons. The fourth-order valence-electron chi connectivity index (χ4n) is 3.09. The number of hydrogen-bond acceptors (Lipinski definition) is 3. The van der Waals surface area contributed by atoms with Gasteiger partial charge in [-0.3, -0.25) is 0 Å². The first-order valence-electron chi connectivity index (χ1n) is 22.2. The van der Waals surface area contributed by atoms with E-state index in [9.17, 15) is 4.57 Å². The van der Waals surface area contributed by atoms with Crippen molar-refractivity contribution in [2.24, 2.45) is 0 Å². The maximum absolute atomic E-state index is 11.6. The van der Waals surface area contributed by atoms with E-state index in [0.29, 0.717) is 6.61 Å². The molecule has 0 spiro atoms. The van der Waals surface area contributed by atoms with Crippen molar-refractivity contribution in [1.29, 1.82) is 0 Å². The summed E-state index contributed by atoms with van der Waals surface area (Å²) in [6.45, 7) is 38.4. The van der Waals surface area contributed by atoms with E-state index in [-0.39, 0.29) is 1.43 Å². The van der Waals surface area contributed by atoms with Gasteiger partial charge in [0.25, 0.3) is 0 Å². The summed E-state index contributed by atoms with van der Waals surface area (Å²) >= 11 is 0. The molecule has 0 aliphatic heterocycles. The smallest absolute Gasteiger partial charge is 0.320 e. The van der Waals surface area contributed by atoms with E-state index in [0.717, 1.165) is 32.4 Å². The molecule has 0 aromatic carbocycles. The van der Waals surface area contributed by atoms with Crippen LogP contribution in [0, 0.1) is 0 Å². The minimum absolute atomic E-state index is 0. The zero-order valence-corrected chi connectivity index (χ0v) is 39.5. The average molecular weight is 730 g/mol. The molecule has 0 fully saturated rings. The Balaban J connectivity index is -0.0000000680. The molecule has 4 nitrogen and oxygen atoms in total. The number of hydrogen-bond donors (Lipinski definition) is 2. The first-order chi connectivity index (χ1) is 23.7. The summed E-state index contributed by atoms with van der Waals surface area (Å²) in [6, 6.07) is 0. The second-order valence-electron chi connectivity index (χ2n) is 12.4. The summed E-state index contributed by atoms with van der Waals surface area (Å²) in [5, 5.41) is 6.06. The van der Waals surface area contributed by atoms with E-state index in [1.807, 2.05) is 20.9 Å². The quantitative estimate of drug-likeness (QED) is 0.0860. The Morgan fingerprint density at radius 2 is 0.653 bits per heavy atom. The van der Waals surface area contributed by atoms with Crippen molar-refractivity contribution >= 4 is 8.18 Å². The molecule has 0 saturated carbocycles. The molecule has 0 radical (unpaired) electrons. The van der Waals surface area contributed by atoms with E-state index < -0.39 is 8.18 Å². The van der Waals surface area contributed by atoms with Crippen LogP contribution in [-0.2, 0) is 9.09 Å². The first-order valence-corrected chi connectivity index (χ1v) is 23.4. The molecule has 2 N–H and O–H groups in total. The van der Waals surface area contributed by atoms with Crippen LogP contribution in [0.5, 0.6) is 0 Å². The fraction of sp³-hybridized carbons (Fsp3) is 1.00. The average Bonchev–Trinajstić information content (AvgIpc) is 3.06. The maximum Gasteiger partial charge on any atom is 0.612 e. The molecule has 0 heterocycles. The minimum atomic E-state index is -1.66. The van der Waals surface area contributed by atoms with Crippen molar-refractivity contribution in [3.63, 3.8) is 0 Å². The second-order valence-corrected chi connectivity index (χ2v) is 13.4. The molecule has 1 unspecified atom stereocenters. The van der Waals surface area contributed by atoms with Crippen molar-refractivity contribution < 1.29 is 10.5 Å². The Morgan fingerprint density at radius 1 is 0.408 bits per heavy atom. The van der Waals surface area contributed by atoms with Crippen LogP contribution < -0.4 is 10.4 Å². The predicted octanol–water partition coefficient (Wildman–Crippen LogP) is 17.9. The van der Waals surface area contributed by atoms with Gasteiger partial charge in [-0.15, -0.1) is 4.52 Å². The normalized spacial score (nSPS) is 8.98. The first kappa shape index (κ1) is 70.5. The van der Waals surface area contributed by atoms with Crippen LogP contribution in [0.25, 0.3) is 0 Å². The minimum Gasteiger partial charge on any atom is -0.320 e. The van der Waals surface area contributed by atoms with Gasteiger partial charge in [-0.25, -0.2) is 0 Å². The highest BCUT2D eigenvalue weighted by molar-refractivity contribution is 7.36. The lowest BCUT2D eigenvalue weighted by Gasteiger charge is -2.02. The van der Waals surface area contributed by atoms with Gasteiger partial charge in [0.05, 0.1) is 0 Å². The highest BCUT2D eigenvalue weighted by Crippen LogP contribution is 2.18. The Kier molecular flexibility index (Phi) is 149. The van der Waals surface area contributed by atoms with Gasteiger partial charge in [0, 0.05) is 7.97 Å². The van der Waals surface area contributed by atoms with Crippen molar-refractivity contribution in [1.82, 2.24) is 10.4 Å². The molecule has 0 aliphatic rings. The van der Waals surface area contributed by atoms with Crippen molar-refractivity contribution in [3.05, 3.63) is 0 Å². The molecule has 0 bridgehead atoms. The molecular formula is C44H110N2O2P+. The summed E-state index contributed by atoms with van der Waals surface area (Å²) in [7, 11) is 0.288. The Labute approximate surface area is 320 Å². The van der Waals surface area contributed by atoms with E-state index in [4.69, 9.17) is 4.52 Å². The number of unbranched alkanes of at least 4 members (excludes halogenated alkanes) is 14. The zero-order chi connectivity index (χ0) is 40.1. The summed E-state index contributed by atoms with van der Waals surface area (Å²) in [5.41, 5.74) is 0. The summed E-state index contributed by atoms with van der Waals surface area (Å²) in [4.78, 5) is 0. The van der Waals surface area contributed by atoms with E-state index in [1.54, 1.807) is 0 Å². The Morgan fingerprint density at radius 3 is 0.918 bits per heavy atom. The lowest BCUT2D eigenvalue weighted by atomic mass is 10.0. The van der Waals surface area contributed by atoms with Gasteiger partial charge in [-0.1, -0.05) is 251 Å². The van der Waals surface area contributed by atoms with Crippen LogP contribution in [-0.4, -0.2) is 26.7 Å². The van der Waals surface area contributed by atoms with Crippen molar-refractivity contribution in [3.8, 4) is 0 Å². The van der Waals surface area contributed by atoms with Crippen LogP contribution in [0.3, 0.4) is 0 Å². The lowest BCUT2D eigenvalue weighted by Crippen LogP contribution is -2.12. The molecule has 0 aliphatic carbocycles. The molecule has 49 heavy (non-hydrogen) atoms. The van der Waals surface area contributed by atoms with Crippen LogP contribution >= 0.6 is 8.18 Å². The molecule has 0 aromatic rings. The number of nitrogens with one attached hydrogen (secondary N) is 2. The summed E-state index contributed by atoms with van der Waals surface area (Å²) in [5.74, 6) is 0. The molecular weight excluding hydrogens is 619 g/mol. The molecule has 0 rings (SSSR count). The van der Waals surface area contributed by atoms with Crippen LogP contribution in [0.1, 0.15) is 267 Å². The monoisotopic (exact) mass is 730 g/mol. The van der Waals surface area contributed by atoms with E-state index in [2.05, 4.69) is 114 Å². The third kappa shape index (κ3) is 176. The Bertz CT molecular complexity index is 373. The summed E-state index contributed by atoms with van der Waals surface area (Å²) in [6.07, 6.45) is 29.8. The molecule has 1 atom stereocenters. The second kappa shape index (κ2) is 104. The fourth-order valence-corrected chi connectivity index (χ4v) is 3.81. The highest BCUT2D eigenvalue weighted by Gasteiger charge is 2.15. The third-order valence-corrected chi connectivity index (χ3v) is 5.70. The standard InChI is InChI=1S/C21H46N2O2P.7C3H8.C2H6.H2/c1-3-4-5-6-7-8-9-10-11-12-13-14-15-18-21-25-26(24)23-20-17-16-19-22-2;7*1-3-2;1-2;/h22H,3-21H2,1-2H3,(H,23,24);7*3H2,1-2H3;1-2H3;1H/q+1;;;;;;;;;. The van der Waals surface area contributed by atoms with Crippen molar-refractivity contribution in [2.45, 2.75) is 265 Å². The van der Waals surface area contributed by atoms with Crippen LogP contribution in [0.4, 0.5) is 0 Å². The van der Waals surface area contributed by atoms with Gasteiger partial charge >= 0.3 is 8.18 Å². The SMILES string of the molecule is CC.CCC.CCC.CCC.CCC.CCC.CCC.CCC.CCCCCCCCCCCCCCCCO[P+](=O)NCCCCNC.[HH]. The lowest BCUT2D eigenvalue weighted by molar-refractivity contribution is 0.309. The Hall–Kier alpha value is -0.0200. The van der Waals surface area contributed by atoms with Crippen molar-refractivity contribution in [2.75, 3.05) is 26.7 Å². The number of rotatable bonds is 22. The van der Waals surface area contributed by atoms with Gasteiger partial charge in [-0.2, -0.15) is 0 Å². The highest BCUT2D eigenvalue weighted by atomic mass is 31.1. The van der Waals surface area contributed by atoms with Gasteiger partial charge in [0.2, 0.25) is 0 Å². The topological polar surface area (TPSA) is 50.4 Å². The van der Waals surface area contributed by atoms with Gasteiger partial charge in [0.15, 0.2) is 0 Å². The third-order valence-electron chi connectivity index (χ3n) is 4.80. The van der Waals surface area contributed by atoms with E-state index in [1.165, 1.54) is 128 Å². The van der Waals surface area contributed by atoms with Gasteiger partial charge in [-0.05, 0) is 37.4 Å². The van der Waals surface area contributed by atoms with Crippen LogP contribution in [0.2, 0.25) is 0 Å². The van der Waals surface area contributed by atoms with Gasteiger partial charge in [0.1, 0.15) is 6.61 Å². The van der Waals surface area contributed by atoms with Crippen LogP contribution in [0.15, 0.2) is 0 Å². The summed E-state index contributed by atoms with van der Waals surface area (Å²) < 4.78 is 16.9. The zero-order valence-electron chi connectivity index (χ0n) is 38.6. The molecule has 0 saturated heterocycles. The molecule has 0 aromatic heterocycles. The van der Waals surface area contributed by atoms with E-state index >= 15 is 0 Å². The maximum atomic E-state index is 11.6. The molecule has 0 amide bonds.